The van der Waals surface area contributed by atoms with Crippen molar-refractivity contribution in [3.05, 3.63) is 89.0 Å². The number of rotatable bonds is 12. The van der Waals surface area contributed by atoms with Crippen molar-refractivity contribution in [1.29, 1.82) is 0 Å². The summed E-state index contributed by atoms with van der Waals surface area (Å²) < 4.78 is 16.7. The van der Waals surface area contributed by atoms with E-state index in [0.717, 1.165) is 62.1 Å². The predicted molar refractivity (Wildman–Crippen MR) is 143 cm³/mol. The molecule has 0 saturated carbocycles. The second kappa shape index (κ2) is 12.6. The summed E-state index contributed by atoms with van der Waals surface area (Å²) in [6.45, 7) is 2.56. The molecule has 0 radical (unpaired) electrons. The highest BCUT2D eigenvalue weighted by molar-refractivity contribution is 6.00. The summed E-state index contributed by atoms with van der Waals surface area (Å²) in [7, 11) is 5.40. The standard InChI is InChI=1S/C31H37NO4/c1-32(19-17-23-11-15-27(16-12-23)36-22-24-8-5-4-6-9-24)18-7-10-25-13-14-26-20-29(34-2)30(35-3)21-28(26)31(25)33/h4-6,8-9,11-12,15-16,20-21,25H,7,10,13-14,17-19,22H2,1-3H3. The van der Waals surface area contributed by atoms with E-state index in [0.29, 0.717) is 18.1 Å². The molecule has 1 aliphatic rings. The number of ketones is 1. The van der Waals surface area contributed by atoms with E-state index in [1.54, 1.807) is 14.2 Å². The van der Waals surface area contributed by atoms with Crippen LogP contribution in [0.25, 0.3) is 0 Å². The fourth-order valence-electron chi connectivity index (χ4n) is 4.85. The molecule has 1 atom stereocenters. The highest BCUT2D eigenvalue weighted by Crippen LogP contribution is 2.36. The molecule has 0 heterocycles. The molecular formula is C31H37NO4. The number of ether oxygens (including phenoxy) is 3. The summed E-state index contributed by atoms with van der Waals surface area (Å²) in [4.78, 5) is 15.5. The molecule has 0 aliphatic heterocycles. The normalized spacial score (nSPS) is 15.0. The Labute approximate surface area is 215 Å². The second-order valence-corrected chi connectivity index (χ2v) is 9.58. The van der Waals surface area contributed by atoms with Crippen molar-refractivity contribution in [2.24, 2.45) is 5.92 Å². The van der Waals surface area contributed by atoms with Gasteiger partial charge in [-0.15, -0.1) is 0 Å². The fraction of sp³-hybridized carbons (Fsp3) is 0.387. The van der Waals surface area contributed by atoms with Crippen molar-refractivity contribution in [3.8, 4) is 17.2 Å². The molecule has 0 N–H and O–H groups in total. The first-order valence-electron chi connectivity index (χ1n) is 12.8. The molecule has 0 saturated heterocycles. The number of hydrogen-bond donors (Lipinski definition) is 0. The number of fused-ring (bicyclic) bond motifs is 1. The molecule has 0 fully saturated rings. The highest BCUT2D eigenvalue weighted by atomic mass is 16.5. The zero-order valence-electron chi connectivity index (χ0n) is 21.7. The van der Waals surface area contributed by atoms with Gasteiger partial charge in [-0.25, -0.2) is 0 Å². The first kappa shape index (κ1) is 25.8. The molecule has 0 aromatic heterocycles. The van der Waals surface area contributed by atoms with E-state index in [9.17, 15) is 4.79 Å². The molecule has 0 bridgehead atoms. The quantitative estimate of drug-likeness (QED) is 0.314. The number of Topliss-reactive ketones (excluding diaryl/α,β-unsaturated/α-hetero) is 1. The third kappa shape index (κ3) is 6.67. The van der Waals surface area contributed by atoms with Crippen molar-refractivity contribution >= 4 is 5.78 Å². The number of carbonyl (C=O) groups is 1. The second-order valence-electron chi connectivity index (χ2n) is 9.58. The Balaban J connectivity index is 1.19. The monoisotopic (exact) mass is 487 g/mol. The minimum absolute atomic E-state index is 0.0902. The van der Waals surface area contributed by atoms with Crippen LogP contribution in [-0.2, 0) is 19.4 Å². The van der Waals surface area contributed by atoms with Gasteiger partial charge < -0.3 is 19.1 Å². The first-order valence-corrected chi connectivity index (χ1v) is 12.8. The van der Waals surface area contributed by atoms with E-state index < -0.39 is 0 Å². The lowest BCUT2D eigenvalue weighted by Gasteiger charge is -2.25. The van der Waals surface area contributed by atoms with Gasteiger partial charge in [-0.05, 0) is 86.7 Å². The fourth-order valence-corrected chi connectivity index (χ4v) is 4.85. The molecule has 0 amide bonds. The molecule has 190 valence electrons. The summed E-state index contributed by atoms with van der Waals surface area (Å²) in [6, 6.07) is 22.4. The molecule has 5 nitrogen and oxygen atoms in total. The van der Waals surface area contributed by atoms with Crippen LogP contribution in [0.1, 0.15) is 46.3 Å². The molecule has 36 heavy (non-hydrogen) atoms. The van der Waals surface area contributed by atoms with Crippen LogP contribution in [0, 0.1) is 5.92 Å². The number of benzene rings is 3. The SMILES string of the molecule is COc1cc2c(cc1OC)C(=O)C(CCCN(C)CCc1ccc(OCc3ccccc3)cc1)CC2. The maximum Gasteiger partial charge on any atom is 0.166 e. The van der Waals surface area contributed by atoms with E-state index >= 15 is 0 Å². The molecule has 4 rings (SSSR count). The van der Waals surface area contributed by atoms with Crippen molar-refractivity contribution in [1.82, 2.24) is 4.90 Å². The highest BCUT2D eigenvalue weighted by Gasteiger charge is 2.28. The van der Waals surface area contributed by atoms with Crippen LogP contribution in [0.4, 0.5) is 0 Å². The lowest BCUT2D eigenvalue weighted by molar-refractivity contribution is 0.0890. The maximum absolute atomic E-state index is 13.1. The molecule has 5 heteroatoms. The van der Waals surface area contributed by atoms with Crippen LogP contribution < -0.4 is 14.2 Å². The maximum atomic E-state index is 13.1. The first-order chi connectivity index (χ1) is 17.6. The Morgan fingerprint density at radius 2 is 1.61 bits per heavy atom. The van der Waals surface area contributed by atoms with Crippen molar-refractivity contribution < 1.29 is 19.0 Å². The number of carbonyl (C=O) groups excluding carboxylic acids is 1. The number of likely N-dealkylation sites (N-methyl/N-ethyl adjacent to an activating group) is 1. The van der Waals surface area contributed by atoms with Gasteiger partial charge in [-0.3, -0.25) is 4.79 Å². The van der Waals surface area contributed by atoms with Gasteiger partial charge in [-0.1, -0.05) is 42.5 Å². The number of hydrogen-bond acceptors (Lipinski definition) is 5. The summed E-state index contributed by atoms with van der Waals surface area (Å²) in [5, 5.41) is 0. The summed E-state index contributed by atoms with van der Waals surface area (Å²) in [5.74, 6) is 2.55. The van der Waals surface area contributed by atoms with Gasteiger partial charge in [0.05, 0.1) is 14.2 Å². The Bertz CT molecular complexity index is 1130. The summed E-state index contributed by atoms with van der Waals surface area (Å²) in [6.07, 6.45) is 4.75. The van der Waals surface area contributed by atoms with Gasteiger partial charge in [-0.2, -0.15) is 0 Å². The van der Waals surface area contributed by atoms with E-state index in [1.165, 1.54) is 11.1 Å². The van der Waals surface area contributed by atoms with Crippen LogP contribution in [0.3, 0.4) is 0 Å². The molecule has 0 spiro atoms. The van der Waals surface area contributed by atoms with Gasteiger partial charge in [0.25, 0.3) is 0 Å². The molecular weight excluding hydrogens is 450 g/mol. The molecule has 1 aliphatic carbocycles. The topological polar surface area (TPSA) is 48.0 Å². The third-order valence-corrected chi connectivity index (χ3v) is 7.05. The molecule has 1 unspecified atom stereocenters. The summed E-state index contributed by atoms with van der Waals surface area (Å²) >= 11 is 0. The third-order valence-electron chi connectivity index (χ3n) is 7.05. The average Bonchev–Trinajstić information content (AvgIpc) is 2.92. The van der Waals surface area contributed by atoms with Gasteiger partial charge in [0.15, 0.2) is 17.3 Å². The zero-order chi connectivity index (χ0) is 25.3. The number of nitrogens with zero attached hydrogens (tertiary/aromatic N) is 1. The minimum Gasteiger partial charge on any atom is -0.493 e. The largest absolute Gasteiger partial charge is 0.493 e. The van der Waals surface area contributed by atoms with Crippen molar-refractivity contribution in [2.45, 2.75) is 38.7 Å². The number of methoxy groups -OCH3 is 2. The lowest BCUT2D eigenvalue weighted by atomic mass is 9.80. The lowest BCUT2D eigenvalue weighted by Crippen LogP contribution is -2.26. The van der Waals surface area contributed by atoms with Gasteiger partial charge in [0.2, 0.25) is 0 Å². The average molecular weight is 488 g/mol. The van der Waals surface area contributed by atoms with E-state index in [-0.39, 0.29) is 11.7 Å². The Morgan fingerprint density at radius 3 is 2.33 bits per heavy atom. The van der Waals surface area contributed by atoms with Gasteiger partial charge in [0.1, 0.15) is 12.4 Å². The van der Waals surface area contributed by atoms with Crippen LogP contribution in [-0.4, -0.2) is 45.0 Å². The van der Waals surface area contributed by atoms with Gasteiger partial charge in [0, 0.05) is 18.0 Å². The number of aryl methyl sites for hydroxylation is 1. The van der Waals surface area contributed by atoms with E-state index in [4.69, 9.17) is 14.2 Å². The van der Waals surface area contributed by atoms with Crippen LogP contribution in [0.15, 0.2) is 66.7 Å². The van der Waals surface area contributed by atoms with Crippen LogP contribution in [0.5, 0.6) is 17.2 Å². The minimum atomic E-state index is 0.0902. The van der Waals surface area contributed by atoms with Crippen LogP contribution >= 0.6 is 0 Å². The van der Waals surface area contributed by atoms with E-state index in [1.807, 2.05) is 30.3 Å². The van der Waals surface area contributed by atoms with Crippen molar-refractivity contribution in [3.63, 3.8) is 0 Å². The van der Waals surface area contributed by atoms with Crippen molar-refractivity contribution in [2.75, 3.05) is 34.4 Å². The Morgan fingerprint density at radius 1 is 0.889 bits per heavy atom. The molecule has 3 aromatic carbocycles. The Hall–Kier alpha value is -3.31. The Kier molecular flexibility index (Phi) is 9.01. The summed E-state index contributed by atoms with van der Waals surface area (Å²) in [5.41, 5.74) is 4.34. The predicted octanol–water partition coefficient (Wildman–Crippen LogP) is 5.98. The van der Waals surface area contributed by atoms with Crippen LogP contribution in [0.2, 0.25) is 0 Å². The zero-order valence-corrected chi connectivity index (χ0v) is 21.7. The van der Waals surface area contributed by atoms with E-state index in [2.05, 4.69) is 48.3 Å². The van der Waals surface area contributed by atoms with Gasteiger partial charge >= 0.3 is 0 Å². The smallest absolute Gasteiger partial charge is 0.166 e. The molecule has 3 aromatic rings.